The van der Waals surface area contributed by atoms with Crippen molar-refractivity contribution in [3.8, 4) is 5.69 Å². The van der Waals surface area contributed by atoms with Crippen molar-refractivity contribution >= 4 is 10.9 Å². The molecule has 0 aliphatic rings. The van der Waals surface area contributed by atoms with E-state index < -0.39 is 0 Å². The first kappa shape index (κ1) is 12.3. The number of fused-ring (bicyclic) bond motifs is 1. The highest BCUT2D eigenvalue weighted by molar-refractivity contribution is 5.83. The van der Waals surface area contributed by atoms with Gasteiger partial charge in [0.25, 0.3) is 0 Å². The molecule has 20 heavy (non-hydrogen) atoms. The molecule has 3 aromatic rings. The summed E-state index contributed by atoms with van der Waals surface area (Å²) < 4.78 is 2.15. The average Bonchev–Trinajstić information content (AvgIpc) is 2.88. The third-order valence-corrected chi connectivity index (χ3v) is 3.41. The van der Waals surface area contributed by atoms with Crippen LogP contribution in [0.2, 0.25) is 0 Å². The summed E-state index contributed by atoms with van der Waals surface area (Å²) in [6.45, 7) is 1.91. The van der Waals surface area contributed by atoms with E-state index >= 15 is 0 Å². The maximum Gasteiger partial charge on any atom is 0.0753 e. The SMILES string of the molecule is CC(N=[N+]=[N-])c1cc2ccccc2n1-c1ccccc1. The summed E-state index contributed by atoms with van der Waals surface area (Å²) in [5.74, 6) is 0. The molecule has 0 saturated heterocycles. The van der Waals surface area contributed by atoms with Crippen LogP contribution in [-0.4, -0.2) is 4.57 Å². The molecule has 0 fully saturated rings. The zero-order chi connectivity index (χ0) is 13.9. The van der Waals surface area contributed by atoms with Crippen LogP contribution in [0.1, 0.15) is 18.7 Å². The molecule has 1 unspecified atom stereocenters. The van der Waals surface area contributed by atoms with E-state index in [1.807, 2.05) is 37.3 Å². The van der Waals surface area contributed by atoms with Crippen molar-refractivity contribution in [1.82, 2.24) is 4.57 Å². The van der Waals surface area contributed by atoms with Gasteiger partial charge in [-0.25, -0.2) is 0 Å². The smallest absolute Gasteiger partial charge is 0.0753 e. The summed E-state index contributed by atoms with van der Waals surface area (Å²) in [6, 6.07) is 20.2. The summed E-state index contributed by atoms with van der Waals surface area (Å²) in [4.78, 5) is 2.93. The molecule has 4 heteroatoms. The van der Waals surface area contributed by atoms with Crippen molar-refractivity contribution in [3.05, 3.63) is 76.8 Å². The summed E-state index contributed by atoms with van der Waals surface area (Å²) in [5.41, 5.74) is 11.9. The first-order chi connectivity index (χ1) is 9.81. The van der Waals surface area contributed by atoms with Crippen LogP contribution < -0.4 is 0 Å². The maximum absolute atomic E-state index is 8.68. The second-order valence-electron chi connectivity index (χ2n) is 4.68. The zero-order valence-corrected chi connectivity index (χ0v) is 11.1. The Morgan fingerprint density at radius 2 is 1.75 bits per heavy atom. The molecule has 0 amide bonds. The molecule has 98 valence electrons. The zero-order valence-electron chi connectivity index (χ0n) is 11.1. The Labute approximate surface area is 116 Å². The number of hydrogen-bond donors (Lipinski definition) is 0. The van der Waals surface area contributed by atoms with Gasteiger partial charge in [-0.2, -0.15) is 0 Å². The predicted molar refractivity (Wildman–Crippen MR) is 80.8 cm³/mol. The fraction of sp³-hybridized carbons (Fsp3) is 0.125. The number of nitrogens with zero attached hydrogens (tertiary/aromatic N) is 4. The lowest BCUT2D eigenvalue weighted by atomic mass is 10.2. The molecule has 0 spiro atoms. The van der Waals surface area contributed by atoms with Gasteiger partial charge in [-0.3, -0.25) is 0 Å². The molecule has 0 N–H and O–H groups in total. The van der Waals surface area contributed by atoms with E-state index in [0.717, 1.165) is 22.3 Å². The van der Waals surface area contributed by atoms with Crippen LogP contribution in [0.5, 0.6) is 0 Å². The highest BCUT2D eigenvalue weighted by Gasteiger charge is 2.14. The van der Waals surface area contributed by atoms with Crippen LogP contribution in [0, 0.1) is 0 Å². The molecule has 0 bridgehead atoms. The standard InChI is InChI=1S/C16H14N4/c1-12(18-19-17)16-11-13-7-5-6-10-15(13)20(16)14-8-3-2-4-9-14/h2-12H,1H3. The van der Waals surface area contributed by atoms with Crippen LogP contribution in [0.3, 0.4) is 0 Å². The largest absolute Gasteiger partial charge is 0.313 e. The Kier molecular flexibility index (Phi) is 3.15. The number of aromatic nitrogens is 1. The second-order valence-corrected chi connectivity index (χ2v) is 4.68. The Bertz CT molecular complexity index is 783. The molecule has 1 heterocycles. The topological polar surface area (TPSA) is 53.7 Å². The Morgan fingerprint density at radius 1 is 1.05 bits per heavy atom. The number of rotatable bonds is 3. The molecule has 0 saturated carbocycles. The molecule has 2 aromatic carbocycles. The predicted octanol–water partition coefficient (Wildman–Crippen LogP) is 5.00. The minimum absolute atomic E-state index is 0.215. The quantitative estimate of drug-likeness (QED) is 0.362. The van der Waals surface area contributed by atoms with Crippen molar-refractivity contribution in [2.24, 2.45) is 5.11 Å². The second kappa shape index (κ2) is 5.11. The summed E-state index contributed by atoms with van der Waals surface area (Å²) >= 11 is 0. The first-order valence-corrected chi connectivity index (χ1v) is 6.51. The van der Waals surface area contributed by atoms with Crippen LogP contribution in [0.15, 0.2) is 65.8 Å². The van der Waals surface area contributed by atoms with Gasteiger partial charge in [-0.05, 0) is 29.8 Å². The Hall–Kier alpha value is -2.71. The van der Waals surface area contributed by atoms with Gasteiger partial charge in [0.15, 0.2) is 0 Å². The number of para-hydroxylation sites is 2. The van der Waals surface area contributed by atoms with Crippen molar-refractivity contribution in [2.75, 3.05) is 0 Å². The van der Waals surface area contributed by atoms with E-state index in [4.69, 9.17) is 5.53 Å². The molecule has 4 nitrogen and oxygen atoms in total. The number of azide groups is 1. The highest BCUT2D eigenvalue weighted by atomic mass is 15.2. The van der Waals surface area contributed by atoms with Gasteiger partial charge in [0.2, 0.25) is 0 Å². The van der Waals surface area contributed by atoms with Crippen LogP contribution in [-0.2, 0) is 0 Å². The van der Waals surface area contributed by atoms with E-state index in [2.05, 4.69) is 44.9 Å². The van der Waals surface area contributed by atoms with Crippen LogP contribution in [0.4, 0.5) is 0 Å². The molecule has 0 aliphatic heterocycles. The van der Waals surface area contributed by atoms with E-state index in [9.17, 15) is 0 Å². The number of hydrogen-bond acceptors (Lipinski definition) is 1. The molecular formula is C16H14N4. The molecule has 3 rings (SSSR count). The van der Waals surface area contributed by atoms with Gasteiger partial charge < -0.3 is 4.57 Å². The van der Waals surface area contributed by atoms with Gasteiger partial charge in [-0.1, -0.05) is 48.4 Å². The lowest BCUT2D eigenvalue weighted by Crippen LogP contribution is -2.01. The molecule has 0 aliphatic carbocycles. The third-order valence-electron chi connectivity index (χ3n) is 3.41. The minimum atomic E-state index is -0.215. The molecule has 0 radical (unpaired) electrons. The van der Waals surface area contributed by atoms with Gasteiger partial charge >= 0.3 is 0 Å². The summed E-state index contributed by atoms with van der Waals surface area (Å²) in [5, 5.41) is 4.98. The van der Waals surface area contributed by atoms with Gasteiger partial charge in [0.05, 0.1) is 11.6 Å². The third kappa shape index (κ3) is 2.02. The van der Waals surface area contributed by atoms with Crippen molar-refractivity contribution < 1.29 is 0 Å². The minimum Gasteiger partial charge on any atom is -0.313 e. The summed E-state index contributed by atoms with van der Waals surface area (Å²) in [6.07, 6.45) is 0. The van der Waals surface area contributed by atoms with E-state index in [1.54, 1.807) is 0 Å². The molecule has 1 atom stereocenters. The average molecular weight is 262 g/mol. The van der Waals surface area contributed by atoms with Crippen LogP contribution >= 0.6 is 0 Å². The lowest BCUT2D eigenvalue weighted by Gasteiger charge is -2.13. The maximum atomic E-state index is 8.68. The fourth-order valence-electron chi connectivity index (χ4n) is 2.49. The van der Waals surface area contributed by atoms with E-state index in [-0.39, 0.29) is 6.04 Å². The Balaban J connectivity index is 2.32. The fourth-order valence-corrected chi connectivity index (χ4v) is 2.49. The summed E-state index contributed by atoms with van der Waals surface area (Å²) in [7, 11) is 0. The number of benzene rings is 2. The lowest BCUT2D eigenvalue weighted by molar-refractivity contribution is 0.752. The van der Waals surface area contributed by atoms with E-state index in [1.165, 1.54) is 0 Å². The van der Waals surface area contributed by atoms with Crippen molar-refractivity contribution in [2.45, 2.75) is 13.0 Å². The first-order valence-electron chi connectivity index (χ1n) is 6.51. The van der Waals surface area contributed by atoms with Gasteiger partial charge in [0.1, 0.15) is 0 Å². The normalized spacial score (nSPS) is 12.1. The van der Waals surface area contributed by atoms with Gasteiger partial charge in [0, 0.05) is 21.7 Å². The molecular weight excluding hydrogens is 248 g/mol. The van der Waals surface area contributed by atoms with E-state index in [0.29, 0.717) is 0 Å². The Morgan fingerprint density at radius 3 is 2.50 bits per heavy atom. The van der Waals surface area contributed by atoms with Crippen molar-refractivity contribution in [3.63, 3.8) is 0 Å². The monoisotopic (exact) mass is 262 g/mol. The van der Waals surface area contributed by atoms with Gasteiger partial charge in [-0.15, -0.1) is 0 Å². The van der Waals surface area contributed by atoms with Crippen molar-refractivity contribution in [1.29, 1.82) is 0 Å². The molecule has 1 aromatic heterocycles. The van der Waals surface area contributed by atoms with Crippen LogP contribution in [0.25, 0.3) is 27.0 Å². The highest BCUT2D eigenvalue weighted by Crippen LogP contribution is 2.29.